The van der Waals surface area contributed by atoms with E-state index in [2.05, 4.69) is 155 Å². The van der Waals surface area contributed by atoms with Gasteiger partial charge in [-0.25, -0.2) is 9.97 Å². The van der Waals surface area contributed by atoms with E-state index in [4.69, 9.17) is 19.3 Å². The molecule has 4 nitrogen and oxygen atoms in total. The summed E-state index contributed by atoms with van der Waals surface area (Å²) < 4.78 is 12.6. The Hall–Kier alpha value is -5.36. The van der Waals surface area contributed by atoms with Crippen molar-refractivity contribution in [3.63, 3.8) is 0 Å². The number of hydrogen-bond donors (Lipinski definition) is 0. The molecule has 236 valence electrons. The maximum Gasteiger partial charge on any atom is 0.494 e. The van der Waals surface area contributed by atoms with Crippen molar-refractivity contribution in [3.05, 3.63) is 140 Å². The minimum absolute atomic E-state index is 0.377. The third-order valence-electron chi connectivity index (χ3n) is 10.5. The van der Waals surface area contributed by atoms with E-state index in [1.807, 2.05) is 12.1 Å². The van der Waals surface area contributed by atoms with Crippen LogP contribution in [0.1, 0.15) is 27.7 Å². The van der Waals surface area contributed by atoms with Gasteiger partial charge in [0.05, 0.1) is 22.6 Å². The average Bonchev–Trinajstić information content (AvgIpc) is 3.36. The predicted molar refractivity (Wildman–Crippen MR) is 203 cm³/mol. The summed E-state index contributed by atoms with van der Waals surface area (Å²) in [7, 11) is -0.385. The molecule has 1 aliphatic rings. The molecular formula is C44H35BN2O2. The molecule has 0 amide bonds. The Bertz CT molecular complexity index is 2420. The predicted octanol–water partition coefficient (Wildman–Crippen LogP) is 10.3. The summed E-state index contributed by atoms with van der Waals surface area (Å²) in [6.45, 7) is 8.36. The molecule has 0 N–H and O–H groups in total. The van der Waals surface area contributed by atoms with E-state index >= 15 is 0 Å². The zero-order valence-corrected chi connectivity index (χ0v) is 28.1. The van der Waals surface area contributed by atoms with Gasteiger partial charge in [0, 0.05) is 16.7 Å². The Morgan fingerprint density at radius 3 is 1.47 bits per heavy atom. The molecule has 0 bridgehead atoms. The van der Waals surface area contributed by atoms with Crippen molar-refractivity contribution in [3.8, 4) is 45.0 Å². The van der Waals surface area contributed by atoms with E-state index in [1.165, 1.54) is 32.5 Å². The molecule has 0 spiro atoms. The van der Waals surface area contributed by atoms with Gasteiger partial charge in [0.15, 0.2) is 5.82 Å². The molecule has 1 aliphatic heterocycles. The van der Waals surface area contributed by atoms with Crippen LogP contribution in [0.3, 0.4) is 0 Å². The molecule has 5 heteroatoms. The van der Waals surface area contributed by atoms with Crippen LogP contribution in [0.5, 0.6) is 0 Å². The highest BCUT2D eigenvalue weighted by Gasteiger charge is 2.51. The van der Waals surface area contributed by atoms with Gasteiger partial charge in [0.1, 0.15) is 0 Å². The number of benzene rings is 7. The topological polar surface area (TPSA) is 44.2 Å². The molecule has 0 atom stereocenters. The van der Waals surface area contributed by atoms with Crippen molar-refractivity contribution in [2.75, 3.05) is 0 Å². The van der Waals surface area contributed by atoms with Crippen LogP contribution in [0.2, 0.25) is 0 Å². The molecule has 7 aromatic carbocycles. The first kappa shape index (κ1) is 29.8. The fourth-order valence-electron chi connectivity index (χ4n) is 7.13. The van der Waals surface area contributed by atoms with Crippen molar-refractivity contribution in [2.45, 2.75) is 38.9 Å². The van der Waals surface area contributed by atoms with Crippen LogP contribution in [0, 0.1) is 0 Å². The van der Waals surface area contributed by atoms with Crippen molar-refractivity contribution in [1.29, 1.82) is 0 Å². The first-order valence-corrected chi connectivity index (χ1v) is 16.9. The highest BCUT2D eigenvalue weighted by Crippen LogP contribution is 2.42. The number of nitrogens with zero attached hydrogens (tertiary/aromatic N) is 2. The SMILES string of the molecule is CC1(C)OB(c2ccc(-c3ccc4ccc5c(-c6nc(-c7ccccc7)cc(-c7ccccc7)n6)ccc6ccc3c4c65)cc2)OC1(C)C. The minimum atomic E-state index is -0.385. The lowest BCUT2D eigenvalue weighted by Gasteiger charge is -2.32. The van der Waals surface area contributed by atoms with Crippen LogP contribution in [0.4, 0.5) is 0 Å². The van der Waals surface area contributed by atoms with Crippen molar-refractivity contribution < 1.29 is 9.31 Å². The normalized spacial score (nSPS) is 15.5. The molecule has 2 heterocycles. The standard InChI is InChI=1S/C44H35BN2O2/c1-43(2)44(3,4)49-45(48-43)33-21-15-28(16-22-33)34-23-17-31-19-25-36-37(26-20-32-18-24-35(34)40(31)41(32)36)42-46-38(29-11-7-5-8-12-29)27-39(47-42)30-13-9-6-10-14-30/h5-27H,1-4H3. The van der Waals surface area contributed by atoms with Gasteiger partial charge in [0.25, 0.3) is 0 Å². The largest absolute Gasteiger partial charge is 0.494 e. The van der Waals surface area contributed by atoms with Crippen LogP contribution in [-0.2, 0) is 9.31 Å². The molecule has 0 radical (unpaired) electrons. The second-order valence-corrected chi connectivity index (χ2v) is 14.1. The molecule has 1 aromatic heterocycles. The van der Waals surface area contributed by atoms with Crippen LogP contribution in [0.15, 0.2) is 140 Å². The zero-order chi connectivity index (χ0) is 33.3. The Morgan fingerprint density at radius 2 is 0.939 bits per heavy atom. The van der Waals surface area contributed by atoms with Crippen LogP contribution in [0.25, 0.3) is 77.3 Å². The van der Waals surface area contributed by atoms with Gasteiger partial charge in [-0.05, 0) is 88.7 Å². The van der Waals surface area contributed by atoms with Crippen LogP contribution in [-0.4, -0.2) is 28.3 Å². The van der Waals surface area contributed by atoms with Crippen LogP contribution >= 0.6 is 0 Å². The lowest BCUT2D eigenvalue weighted by molar-refractivity contribution is 0.00578. The first-order chi connectivity index (χ1) is 23.8. The Morgan fingerprint density at radius 1 is 0.469 bits per heavy atom. The van der Waals surface area contributed by atoms with Crippen LogP contribution < -0.4 is 5.46 Å². The molecule has 49 heavy (non-hydrogen) atoms. The van der Waals surface area contributed by atoms with E-state index in [0.717, 1.165) is 50.3 Å². The van der Waals surface area contributed by atoms with Gasteiger partial charge in [0.2, 0.25) is 0 Å². The average molecular weight is 635 g/mol. The van der Waals surface area contributed by atoms with Gasteiger partial charge < -0.3 is 9.31 Å². The second-order valence-electron chi connectivity index (χ2n) is 14.1. The summed E-state index contributed by atoms with van der Waals surface area (Å²) in [4.78, 5) is 10.3. The molecule has 0 unspecified atom stereocenters. The lowest BCUT2D eigenvalue weighted by Crippen LogP contribution is -2.41. The molecule has 1 saturated heterocycles. The highest BCUT2D eigenvalue weighted by molar-refractivity contribution is 6.62. The number of hydrogen-bond acceptors (Lipinski definition) is 4. The molecule has 0 aliphatic carbocycles. The number of aromatic nitrogens is 2. The van der Waals surface area contributed by atoms with Gasteiger partial charge in [-0.15, -0.1) is 0 Å². The van der Waals surface area contributed by atoms with E-state index < -0.39 is 0 Å². The van der Waals surface area contributed by atoms with Gasteiger partial charge in [-0.3, -0.25) is 0 Å². The third-order valence-corrected chi connectivity index (χ3v) is 10.5. The summed E-state index contributed by atoms with van der Waals surface area (Å²) in [6, 6.07) is 49.3. The molecule has 0 saturated carbocycles. The van der Waals surface area contributed by atoms with E-state index in [-0.39, 0.29) is 18.3 Å². The Labute approximate surface area is 286 Å². The summed E-state index contributed by atoms with van der Waals surface area (Å²) in [6.07, 6.45) is 0. The Balaban J connectivity index is 1.19. The van der Waals surface area contributed by atoms with Crippen molar-refractivity contribution in [1.82, 2.24) is 9.97 Å². The molecule has 1 fully saturated rings. The fourth-order valence-corrected chi connectivity index (χ4v) is 7.13. The summed E-state index contributed by atoms with van der Waals surface area (Å²) in [5, 5.41) is 7.28. The van der Waals surface area contributed by atoms with E-state index in [1.54, 1.807) is 0 Å². The lowest BCUT2D eigenvalue weighted by atomic mass is 9.78. The number of rotatable bonds is 5. The second kappa shape index (κ2) is 11.1. The van der Waals surface area contributed by atoms with E-state index in [9.17, 15) is 0 Å². The zero-order valence-electron chi connectivity index (χ0n) is 28.1. The maximum atomic E-state index is 6.32. The quantitative estimate of drug-likeness (QED) is 0.140. The summed E-state index contributed by atoms with van der Waals surface area (Å²) in [5.74, 6) is 0.719. The van der Waals surface area contributed by atoms with Crippen molar-refractivity contribution in [2.24, 2.45) is 0 Å². The van der Waals surface area contributed by atoms with E-state index in [0.29, 0.717) is 0 Å². The third kappa shape index (κ3) is 4.92. The molecule has 9 rings (SSSR count). The fraction of sp³-hybridized carbons (Fsp3) is 0.136. The van der Waals surface area contributed by atoms with Gasteiger partial charge >= 0.3 is 7.12 Å². The maximum absolute atomic E-state index is 6.32. The Kier molecular flexibility index (Phi) is 6.74. The highest BCUT2D eigenvalue weighted by atomic mass is 16.7. The van der Waals surface area contributed by atoms with Crippen molar-refractivity contribution >= 4 is 44.9 Å². The summed E-state index contributed by atoms with van der Waals surface area (Å²) in [5.41, 5.74) is 7.59. The minimum Gasteiger partial charge on any atom is -0.399 e. The molecule has 8 aromatic rings. The first-order valence-electron chi connectivity index (χ1n) is 16.9. The molecular weight excluding hydrogens is 599 g/mol. The van der Waals surface area contributed by atoms with Gasteiger partial charge in [-0.2, -0.15) is 0 Å². The van der Waals surface area contributed by atoms with Gasteiger partial charge in [-0.1, -0.05) is 127 Å². The monoisotopic (exact) mass is 634 g/mol. The smallest absolute Gasteiger partial charge is 0.399 e. The summed E-state index contributed by atoms with van der Waals surface area (Å²) >= 11 is 0.